The molecule has 2 rings (SSSR count). The van der Waals surface area contributed by atoms with E-state index in [1.54, 1.807) is 18.2 Å². The highest BCUT2D eigenvalue weighted by molar-refractivity contribution is 5.90. The Labute approximate surface area is 160 Å². The topological polar surface area (TPSA) is 135 Å². The first-order chi connectivity index (χ1) is 13.2. The van der Waals surface area contributed by atoms with Gasteiger partial charge in [0.2, 0.25) is 0 Å². The summed E-state index contributed by atoms with van der Waals surface area (Å²) >= 11 is 0. The predicted molar refractivity (Wildman–Crippen MR) is 90.1 cm³/mol. The molecule has 1 heterocycles. The third kappa shape index (κ3) is 5.05. The van der Waals surface area contributed by atoms with Gasteiger partial charge in [0.1, 0.15) is 0 Å². The van der Waals surface area contributed by atoms with Gasteiger partial charge in [-0.15, -0.1) is 0 Å². The summed E-state index contributed by atoms with van der Waals surface area (Å²) in [6.45, 7) is 2.18. The quantitative estimate of drug-likeness (QED) is 0.536. The molecule has 10 nitrogen and oxygen atoms in total. The smallest absolute Gasteiger partial charge is 0.338 e. The zero-order valence-electron chi connectivity index (χ0n) is 15.4. The molecule has 1 aliphatic rings. The normalized spacial score (nSPS) is 26.8. The number of ether oxygens (including phenoxy) is 5. The standard InChI is InChI=1S/C18H20O10/c1-9(19)25-13-12(27-17(23)11-7-5-4-6-8-11)14(16(21)22)28-18(24-3)15(13)26-10(2)20/h4-8,12-15,18H,1-3H3,(H,21,22). The fourth-order valence-electron chi connectivity index (χ4n) is 2.74. The molecule has 0 amide bonds. The van der Waals surface area contributed by atoms with Crippen molar-refractivity contribution in [1.29, 1.82) is 0 Å². The lowest BCUT2D eigenvalue weighted by Gasteiger charge is -2.42. The van der Waals surface area contributed by atoms with Crippen molar-refractivity contribution < 1.29 is 48.0 Å². The van der Waals surface area contributed by atoms with Gasteiger partial charge in [0.15, 0.2) is 30.7 Å². The lowest BCUT2D eigenvalue weighted by atomic mass is 9.97. The van der Waals surface area contributed by atoms with Gasteiger partial charge in [-0.3, -0.25) is 9.59 Å². The lowest BCUT2D eigenvalue weighted by molar-refractivity contribution is -0.292. The molecule has 1 saturated heterocycles. The lowest BCUT2D eigenvalue weighted by Crippen LogP contribution is -2.63. The highest BCUT2D eigenvalue weighted by Gasteiger charge is 2.54. The number of carbonyl (C=O) groups excluding carboxylic acids is 3. The van der Waals surface area contributed by atoms with Crippen LogP contribution in [-0.4, -0.2) is 66.8 Å². The van der Waals surface area contributed by atoms with E-state index in [2.05, 4.69) is 0 Å². The summed E-state index contributed by atoms with van der Waals surface area (Å²) in [7, 11) is 1.20. The Morgan fingerprint density at radius 3 is 1.96 bits per heavy atom. The maximum absolute atomic E-state index is 12.4. The first kappa shape index (κ1) is 21.3. The maximum Gasteiger partial charge on any atom is 0.338 e. The minimum atomic E-state index is -1.73. The van der Waals surface area contributed by atoms with Gasteiger partial charge in [-0.1, -0.05) is 18.2 Å². The number of carboxylic acids is 1. The zero-order valence-corrected chi connectivity index (χ0v) is 15.4. The summed E-state index contributed by atoms with van der Waals surface area (Å²) in [6.07, 6.45) is -7.50. The fraction of sp³-hybridized carbons (Fsp3) is 0.444. The van der Waals surface area contributed by atoms with Crippen molar-refractivity contribution in [3.05, 3.63) is 35.9 Å². The molecule has 0 bridgehead atoms. The number of hydrogen-bond acceptors (Lipinski definition) is 9. The van der Waals surface area contributed by atoms with Crippen molar-refractivity contribution in [2.75, 3.05) is 7.11 Å². The highest BCUT2D eigenvalue weighted by Crippen LogP contribution is 2.30. The molecule has 1 aromatic carbocycles. The highest BCUT2D eigenvalue weighted by atomic mass is 16.7. The molecule has 0 aromatic heterocycles. The van der Waals surface area contributed by atoms with Crippen LogP contribution in [0.1, 0.15) is 24.2 Å². The van der Waals surface area contributed by atoms with Crippen LogP contribution in [0.2, 0.25) is 0 Å². The molecule has 1 aliphatic heterocycles. The maximum atomic E-state index is 12.4. The third-order valence-corrected chi connectivity index (χ3v) is 3.83. The molecule has 152 valence electrons. The van der Waals surface area contributed by atoms with Gasteiger partial charge in [-0.25, -0.2) is 9.59 Å². The van der Waals surface area contributed by atoms with E-state index in [4.69, 9.17) is 23.7 Å². The Bertz CT molecular complexity index is 731. The van der Waals surface area contributed by atoms with Crippen LogP contribution in [-0.2, 0) is 38.1 Å². The van der Waals surface area contributed by atoms with Gasteiger partial charge in [-0.05, 0) is 12.1 Å². The Hall–Kier alpha value is -2.98. The second kappa shape index (κ2) is 9.29. The molecule has 0 radical (unpaired) electrons. The monoisotopic (exact) mass is 396 g/mol. The van der Waals surface area contributed by atoms with Crippen LogP contribution in [0.25, 0.3) is 0 Å². The van der Waals surface area contributed by atoms with Crippen molar-refractivity contribution in [3.63, 3.8) is 0 Å². The molecular formula is C18H20O10. The van der Waals surface area contributed by atoms with Gasteiger partial charge in [0.25, 0.3) is 0 Å². The predicted octanol–water partition coefficient (Wildman–Crippen LogP) is 0.531. The van der Waals surface area contributed by atoms with Crippen molar-refractivity contribution in [3.8, 4) is 0 Å². The van der Waals surface area contributed by atoms with Crippen LogP contribution >= 0.6 is 0 Å². The summed E-state index contributed by atoms with van der Waals surface area (Å²) in [5, 5.41) is 9.51. The second-order valence-electron chi connectivity index (χ2n) is 5.88. The van der Waals surface area contributed by atoms with Gasteiger partial charge < -0.3 is 28.8 Å². The molecular weight excluding hydrogens is 376 g/mol. The fourth-order valence-corrected chi connectivity index (χ4v) is 2.74. The molecule has 28 heavy (non-hydrogen) atoms. The van der Waals surface area contributed by atoms with Crippen LogP contribution in [0.3, 0.4) is 0 Å². The Balaban J connectivity index is 2.41. The molecule has 0 aliphatic carbocycles. The Kier molecular flexibility index (Phi) is 7.07. The van der Waals surface area contributed by atoms with Crippen LogP contribution in [0, 0.1) is 0 Å². The van der Waals surface area contributed by atoms with Crippen molar-refractivity contribution in [2.24, 2.45) is 0 Å². The van der Waals surface area contributed by atoms with E-state index in [-0.39, 0.29) is 5.56 Å². The molecule has 1 N–H and O–H groups in total. The second-order valence-corrected chi connectivity index (χ2v) is 5.88. The van der Waals surface area contributed by atoms with E-state index in [0.29, 0.717) is 0 Å². The minimum absolute atomic E-state index is 0.145. The van der Waals surface area contributed by atoms with E-state index in [1.165, 1.54) is 19.2 Å². The van der Waals surface area contributed by atoms with Crippen LogP contribution < -0.4 is 0 Å². The van der Waals surface area contributed by atoms with Gasteiger partial charge in [0.05, 0.1) is 5.56 Å². The summed E-state index contributed by atoms with van der Waals surface area (Å²) in [4.78, 5) is 47.2. The Morgan fingerprint density at radius 2 is 1.46 bits per heavy atom. The number of hydrogen-bond donors (Lipinski definition) is 1. The molecule has 1 aromatic rings. The van der Waals surface area contributed by atoms with Crippen LogP contribution in [0.4, 0.5) is 0 Å². The zero-order chi connectivity index (χ0) is 20.8. The first-order valence-electron chi connectivity index (χ1n) is 8.26. The summed E-state index contributed by atoms with van der Waals surface area (Å²) < 4.78 is 25.9. The van der Waals surface area contributed by atoms with E-state index in [9.17, 15) is 24.3 Å². The van der Waals surface area contributed by atoms with E-state index in [1.807, 2.05) is 0 Å². The van der Waals surface area contributed by atoms with Crippen molar-refractivity contribution in [2.45, 2.75) is 44.6 Å². The average Bonchev–Trinajstić information content (AvgIpc) is 2.64. The molecule has 10 heteroatoms. The average molecular weight is 396 g/mol. The summed E-state index contributed by atoms with van der Waals surface area (Å²) in [6, 6.07) is 7.79. The van der Waals surface area contributed by atoms with E-state index < -0.39 is 54.6 Å². The molecule has 5 atom stereocenters. The van der Waals surface area contributed by atoms with Gasteiger partial charge >= 0.3 is 23.9 Å². The van der Waals surface area contributed by atoms with Crippen LogP contribution in [0.5, 0.6) is 0 Å². The number of aliphatic carboxylic acids is 1. The van der Waals surface area contributed by atoms with Gasteiger partial charge in [0, 0.05) is 21.0 Å². The number of rotatable bonds is 6. The number of methoxy groups -OCH3 is 1. The molecule has 0 saturated carbocycles. The number of benzene rings is 1. The number of esters is 3. The van der Waals surface area contributed by atoms with Crippen molar-refractivity contribution in [1.82, 2.24) is 0 Å². The molecule has 1 fully saturated rings. The van der Waals surface area contributed by atoms with E-state index >= 15 is 0 Å². The molecule has 5 unspecified atom stereocenters. The molecule has 0 spiro atoms. The Morgan fingerprint density at radius 1 is 0.893 bits per heavy atom. The van der Waals surface area contributed by atoms with Gasteiger partial charge in [-0.2, -0.15) is 0 Å². The largest absolute Gasteiger partial charge is 0.479 e. The summed E-state index contributed by atoms with van der Waals surface area (Å²) in [5.74, 6) is -3.90. The summed E-state index contributed by atoms with van der Waals surface area (Å²) in [5.41, 5.74) is 0.145. The van der Waals surface area contributed by atoms with Crippen molar-refractivity contribution >= 4 is 23.9 Å². The minimum Gasteiger partial charge on any atom is -0.479 e. The SMILES string of the molecule is COC1OC(C(=O)O)C(OC(=O)c2ccccc2)C(OC(C)=O)C1OC(C)=O. The van der Waals surface area contributed by atoms with E-state index in [0.717, 1.165) is 13.8 Å². The number of carboxylic acid groups (broad SMARTS) is 1. The number of carbonyl (C=O) groups is 4. The third-order valence-electron chi connectivity index (χ3n) is 3.83. The first-order valence-corrected chi connectivity index (χ1v) is 8.26. The van der Waals surface area contributed by atoms with Crippen LogP contribution in [0.15, 0.2) is 30.3 Å².